The number of hydrogen-bond donors (Lipinski definition) is 1. The standard InChI is InChI=1S/C13H18N2O/c1-16-13-4-2-3-12(15-13)14-11-8-9-5-6-10(11)7-9/h2-4,9-11H,5-8H2,1H3,(H,14,15). The van der Waals surface area contributed by atoms with Crippen LogP contribution >= 0.6 is 0 Å². The number of anilines is 1. The first kappa shape index (κ1) is 9.94. The molecule has 3 heteroatoms. The highest BCUT2D eigenvalue weighted by molar-refractivity contribution is 5.38. The molecule has 2 saturated carbocycles. The van der Waals surface area contributed by atoms with Crippen LogP contribution in [0.3, 0.4) is 0 Å². The van der Waals surface area contributed by atoms with Crippen molar-refractivity contribution in [3.05, 3.63) is 18.2 Å². The molecule has 1 aromatic heterocycles. The molecule has 1 aromatic rings. The average Bonchev–Trinajstić information content (AvgIpc) is 2.91. The average molecular weight is 218 g/mol. The quantitative estimate of drug-likeness (QED) is 0.847. The maximum absolute atomic E-state index is 5.13. The third kappa shape index (κ3) is 1.75. The topological polar surface area (TPSA) is 34.1 Å². The molecular weight excluding hydrogens is 200 g/mol. The first-order chi connectivity index (χ1) is 7.85. The zero-order valence-corrected chi connectivity index (χ0v) is 9.65. The molecule has 2 bridgehead atoms. The van der Waals surface area contributed by atoms with Crippen LogP contribution in [0.25, 0.3) is 0 Å². The molecule has 2 aliphatic carbocycles. The molecule has 1 heterocycles. The van der Waals surface area contributed by atoms with Crippen LogP contribution in [0.1, 0.15) is 25.7 Å². The van der Waals surface area contributed by atoms with Gasteiger partial charge in [0.1, 0.15) is 5.82 Å². The Kier molecular flexibility index (Phi) is 2.46. The number of rotatable bonds is 3. The second kappa shape index (κ2) is 3.96. The van der Waals surface area contributed by atoms with Gasteiger partial charge in [-0.2, -0.15) is 4.98 Å². The van der Waals surface area contributed by atoms with Crippen LogP contribution < -0.4 is 10.1 Å². The van der Waals surface area contributed by atoms with E-state index in [0.717, 1.165) is 17.7 Å². The smallest absolute Gasteiger partial charge is 0.214 e. The van der Waals surface area contributed by atoms with E-state index in [0.29, 0.717) is 11.9 Å². The molecule has 3 unspecified atom stereocenters. The van der Waals surface area contributed by atoms with Gasteiger partial charge in [-0.3, -0.25) is 0 Å². The minimum Gasteiger partial charge on any atom is -0.481 e. The van der Waals surface area contributed by atoms with Gasteiger partial charge >= 0.3 is 0 Å². The summed E-state index contributed by atoms with van der Waals surface area (Å²) in [5.74, 6) is 3.48. The molecule has 0 amide bonds. The molecule has 86 valence electrons. The largest absolute Gasteiger partial charge is 0.481 e. The number of ether oxygens (including phenoxy) is 1. The summed E-state index contributed by atoms with van der Waals surface area (Å²) >= 11 is 0. The Morgan fingerprint density at radius 1 is 1.31 bits per heavy atom. The normalized spacial score (nSPS) is 31.7. The first-order valence-electron chi connectivity index (χ1n) is 6.13. The minimum atomic E-state index is 0.637. The highest BCUT2D eigenvalue weighted by Gasteiger charge is 2.39. The lowest BCUT2D eigenvalue weighted by molar-refractivity contribution is 0.397. The fourth-order valence-corrected chi connectivity index (χ4v) is 3.22. The van der Waals surface area contributed by atoms with Gasteiger partial charge < -0.3 is 10.1 Å². The molecule has 1 N–H and O–H groups in total. The van der Waals surface area contributed by atoms with E-state index in [9.17, 15) is 0 Å². The van der Waals surface area contributed by atoms with Gasteiger partial charge in [0.05, 0.1) is 7.11 Å². The van der Waals surface area contributed by atoms with Gasteiger partial charge in [0, 0.05) is 12.1 Å². The van der Waals surface area contributed by atoms with Crippen LogP contribution in [-0.2, 0) is 0 Å². The number of pyridine rings is 1. The van der Waals surface area contributed by atoms with E-state index in [1.165, 1.54) is 25.7 Å². The molecule has 2 aliphatic rings. The molecule has 2 fully saturated rings. The molecule has 3 atom stereocenters. The van der Waals surface area contributed by atoms with Gasteiger partial charge in [-0.15, -0.1) is 0 Å². The highest BCUT2D eigenvalue weighted by Crippen LogP contribution is 2.45. The molecule has 0 saturated heterocycles. The van der Waals surface area contributed by atoms with Crippen LogP contribution in [0.4, 0.5) is 5.82 Å². The summed E-state index contributed by atoms with van der Waals surface area (Å²) in [6.45, 7) is 0. The second-order valence-corrected chi connectivity index (χ2v) is 4.99. The highest BCUT2D eigenvalue weighted by atomic mass is 16.5. The van der Waals surface area contributed by atoms with Gasteiger partial charge in [0.15, 0.2) is 0 Å². The molecule has 0 aliphatic heterocycles. The summed E-state index contributed by atoms with van der Waals surface area (Å²) in [4.78, 5) is 4.40. The molecule has 0 radical (unpaired) electrons. The van der Waals surface area contributed by atoms with Crippen molar-refractivity contribution in [3.63, 3.8) is 0 Å². The Labute approximate surface area is 96.2 Å². The van der Waals surface area contributed by atoms with E-state index in [1.54, 1.807) is 7.11 Å². The van der Waals surface area contributed by atoms with E-state index >= 15 is 0 Å². The van der Waals surface area contributed by atoms with Crippen molar-refractivity contribution in [2.24, 2.45) is 11.8 Å². The Hall–Kier alpha value is -1.25. The summed E-state index contributed by atoms with van der Waals surface area (Å²) < 4.78 is 5.13. The van der Waals surface area contributed by atoms with E-state index in [-0.39, 0.29) is 0 Å². The Bertz CT molecular complexity index is 380. The van der Waals surface area contributed by atoms with Gasteiger partial charge in [-0.1, -0.05) is 12.5 Å². The van der Waals surface area contributed by atoms with Gasteiger partial charge in [0.2, 0.25) is 5.88 Å². The number of aromatic nitrogens is 1. The van der Waals surface area contributed by atoms with Gasteiger partial charge in [0.25, 0.3) is 0 Å². The van der Waals surface area contributed by atoms with Gasteiger partial charge in [-0.05, 0) is 37.2 Å². The van der Waals surface area contributed by atoms with E-state index < -0.39 is 0 Å². The van der Waals surface area contributed by atoms with Crippen LogP contribution in [-0.4, -0.2) is 18.1 Å². The maximum atomic E-state index is 5.13. The first-order valence-corrected chi connectivity index (χ1v) is 6.13. The number of nitrogens with one attached hydrogen (secondary N) is 1. The van der Waals surface area contributed by atoms with Crippen molar-refractivity contribution in [3.8, 4) is 5.88 Å². The third-order valence-corrected chi connectivity index (χ3v) is 4.00. The summed E-state index contributed by atoms with van der Waals surface area (Å²) in [5, 5.41) is 3.56. The number of methoxy groups -OCH3 is 1. The summed E-state index contributed by atoms with van der Waals surface area (Å²) in [5.41, 5.74) is 0. The van der Waals surface area contributed by atoms with Crippen LogP contribution in [0.2, 0.25) is 0 Å². The second-order valence-electron chi connectivity index (χ2n) is 4.99. The van der Waals surface area contributed by atoms with Crippen molar-refractivity contribution in [1.82, 2.24) is 4.98 Å². The number of hydrogen-bond acceptors (Lipinski definition) is 3. The minimum absolute atomic E-state index is 0.637. The Morgan fingerprint density at radius 3 is 2.94 bits per heavy atom. The van der Waals surface area contributed by atoms with Crippen LogP contribution in [0.5, 0.6) is 5.88 Å². The number of nitrogens with zero attached hydrogens (tertiary/aromatic N) is 1. The van der Waals surface area contributed by atoms with E-state index in [2.05, 4.69) is 10.3 Å². The molecule has 16 heavy (non-hydrogen) atoms. The van der Waals surface area contributed by atoms with Gasteiger partial charge in [-0.25, -0.2) is 0 Å². The molecule has 3 rings (SSSR count). The molecule has 3 nitrogen and oxygen atoms in total. The van der Waals surface area contributed by atoms with Crippen LogP contribution in [0, 0.1) is 11.8 Å². The van der Waals surface area contributed by atoms with E-state index in [1.807, 2.05) is 18.2 Å². The van der Waals surface area contributed by atoms with Crippen molar-refractivity contribution in [2.75, 3.05) is 12.4 Å². The summed E-state index contributed by atoms with van der Waals surface area (Å²) in [6.07, 6.45) is 5.58. The fraction of sp³-hybridized carbons (Fsp3) is 0.615. The monoisotopic (exact) mass is 218 g/mol. The van der Waals surface area contributed by atoms with Crippen LogP contribution in [0.15, 0.2) is 18.2 Å². The van der Waals surface area contributed by atoms with Crippen molar-refractivity contribution in [1.29, 1.82) is 0 Å². The lowest BCUT2D eigenvalue weighted by Gasteiger charge is -2.23. The predicted octanol–water partition coefficient (Wildman–Crippen LogP) is 2.69. The summed E-state index contributed by atoms with van der Waals surface area (Å²) in [6, 6.07) is 6.53. The van der Waals surface area contributed by atoms with Crippen molar-refractivity contribution >= 4 is 5.82 Å². The molecule has 0 aromatic carbocycles. The van der Waals surface area contributed by atoms with Crippen molar-refractivity contribution < 1.29 is 4.74 Å². The zero-order chi connectivity index (χ0) is 11.0. The predicted molar refractivity (Wildman–Crippen MR) is 63.6 cm³/mol. The summed E-state index contributed by atoms with van der Waals surface area (Å²) in [7, 11) is 1.66. The van der Waals surface area contributed by atoms with Crippen molar-refractivity contribution in [2.45, 2.75) is 31.7 Å². The van der Waals surface area contributed by atoms with E-state index in [4.69, 9.17) is 4.74 Å². The Balaban J connectivity index is 1.69. The fourth-order valence-electron chi connectivity index (χ4n) is 3.22. The molecule has 0 spiro atoms. The molecular formula is C13H18N2O. The SMILES string of the molecule is COc1cccc(NC2CC3CCC2C3)n1. The zero-order valence-electron chi connectivity index (χ0n) is 9.65. The Morgan fingerprint density at radius 2 is 2.25 bits per heavy atom. The third-order valence-electron chi connectivity index (χ3n) is 4.00. The lowest BCUT2D eigenvalue weighted by atomic mass is 9.95. The number of fused-ring (bicyclic) bond motifs is 2. The maximum Gasteiger partial charge on any atom is 0.214 e. The lowest BCUT2D eigenvalue weighted by Crippen LogP contribution is -2.26.